The number of piperidine rings is 1. The molecule has 2 aliphatic heterocycles. The molecule has 0 aromatic rings. The van der Waals surface area contributed by atoms with E-state index in [1.165, 1.54) is 0 Å². The van der Waals surface area contributed by atoms with Crippen LogP contribution in [0.1, 0.15) is 40.0 Å². The fourth-order valence-corrected chi connectivity index (χ4v) is 4.22. The molecule has 2 atom stereocenters. The van der Waals surface area contributed by atoms with Gasteiger partial charge in [-0.25, -0.2) is 4.79 Å². The van der Waals surface area contributed by atoms with Crippen molar-refractivity contribution in [3.8, 4) is 0 Å². The van der Waals surface area contributed by atoms with E-state index in [-0.39, 0.29) is 17.2 Å². The van der Waals surface area contributed by atoms with Gasteiger partial charge in [0.05, 0.1) is 12.1 Å². The average Bonchev–Trinajstić information content (AvgIpc) is 2.92. The lowest BCUT2D eigenvalue weighted by Crippen LogP contribution is -2.58. The van der Waals surface area contributed by atoms with E-state index in [2.05, 4.69) is 44.1 Å². The highest BCUT2D eigenvalue weighted by molar-refractivity contribution is 6.74. The van der Waals surface area contributed by atoms with Crippen LogP contribution in [0, 0.1) is 0 Å². The van der Waals surface area contributed by atoms with Gasteiger partial charge in [-0.15, -0.1) is 0 Å². The number of amides is 1. The zero-order valence-corrected chi connectivity index (χ0v) is 17.7. The molecule has 2 rings (SSSR count). The van der Waals surface area contributed by atoms with Crippen molar-refractivity contribution in [3.05, 3.63) is 0 Å². The highest BCUT2D eigenvalue weighted by Gasteiger charge is 2.43. The number of halogens is 3. The van der Waals surface area contributed by atoms with Crippen LogP contribution in [0.2, 0.25) is 18.1 Å². The molecule has 0 aliphatic carbocycles. The number of aliphatic carboxylic acids is 1. The highest BCUT2D eigenvalue weighted by Crippen LogP contribution is 2.38. The quantitative estimate of drug-likeness (QED) is 0.697. The van der Waals surface area contributed by atoms with Crippen LogP contribution in [0.15, 0.2) is 0 Å². The average molecular weight is 413 g/mol. The molecule has 10 heteroatoms. The van der Waals surface area contributed by atoms with Crippen LogP contribution in [0.5, 0.6) is 0 Å². The zero-order chi connectivity index (χ0) is 21.0. The molecule has 2 fully saturated rings. The number of carboxylic acids is 1. The number of alkyl halides is 3. The van der Waals surface area contributed by atoms with Gasteiger partial charge in [-0.2, -0.15) is 13.2 Å². The number of carbonyl (C=O) groups is 2. The summed E-state index contributed by atoms with van der Waals surface area (Å²) in [4.78, 5) is 23.0. The Morgan fingerprint density at radius 3 is 2.26 bits per heavy atom. The predicted molar refractivity (Wildman–Crippen MR) is 98.0 cm³/mol. The van der Waals surface area contributed by atoms with Gasteiger partial charge in [0.25, 0.3) is 0 Å². The van der Waals surface area contributed by atoms with Gasteiger partial charge in [0.1, 0.15) is 0 Å². The van der Waals surface area contributed by atoms with E-state index in [9.17, 15) is 18.0 Å². The lowest BCUT2D eigenvalue weighted by Gasteiger charge is -2.45. The van der Waals surface area contributed by atoms with Gasteiger partial charge in [0, 0.05) is 19.5 Å². The molecule has 2 saturated heterocycles. The van der Waals surface area contributed by atoms with Crippen LogP contribution in [-0.2, 0) is 14.0 Å². The van der Waals surface area contributed by atoms with Crippen LogP contribution >= 0.6 is 0 Å². The summed E-state index contributed by atoms with van der Waals surface area (Å²) >= 11 is 0. The van der Waals surface area contributed by atoms with Crippen LogP contribution < -0.4 is 5.32 Å². The van der Waals surface area contributed by atoms with Gasteiger partial charge in [0.2, 0.25) is 5.91 Å². The topological polar surface area (TPSA) is 78.9 Å². The van der Waals surface area contributed by atoms with Crippen LogP contribution in [0.4, 0.5) is 13.2 Å². The molecule has 0 saturated carbocycles. The summed E-state index contributed by atoms with van der Waals surface area (Å²) in [5.74, 6) is -2.44. The summed E-state index contributed by atoms with van der Waals surface area (Å²) in [6.07, 6.45) is -2.18. The number of nitrogens with zero attached hydrogens (tertiary/aromatic N) is 1. The molecule has 0 aromatic heterocycles. The minimum atomic E-state index is -5.08. The molecule has 0 radical (unpaired) electrons. The van der Waals surface area contributed by atoms with Gasteiger partial charge in [-0.3, -0.25) is 4.79 Å². The third kappa shape index (κ3) is 6.76. The van der Waals surface area contributed by atoms with Crippen molar-refractivity contribution < 1.29 is 32.3 Å². The number of likely N-dealkylation sites (tertiary alicyclic amines) is 1. The number of nitrogens with one attached hydrogen (secondary N) is 1. The smallest absolute Gasteiger partial charge is 0.475 e. The Labute approximate surface area is 159 Å². The molecule has 6 nitrogen and oxygen atoms in total. The molecule has 0 spiro atoms. The first-order valence-electron chi connectivity index (χ1n) is 9.15. The lowest BCUT2D eigenvalue weighted by molar-refractivity contribution is -0.192. The standard InChI is InChI=1S/C15H30N2O2Si.C2HF3O2/c1-15(2,3)20(4,5)19-13-11-16-9-8-12(13)17-10-6-7-14(17)18;3-2(4,5)1(6)7/h12-13,16H,6-11H2,1-5H3;(H,6,7)/t12-,13-;/m1./s1. The third-order valence-corrected chi connectivity index (χ3v) is 9.90. The summed E-state index contributed by atoms with van der Waals surface area (Å²) in [7, 11) is -1.79. The molecule has 2 heterocycles. The molecule has 0 unspecified atom stereocenters. The first kappa shape index (κ1) is 23.9. The molecule has 2 aliphatic rings. The maximum absolute atomic E-state index is 12.0. The fourth-order valence-electron chi connectivity index (χ4n) is 2.87. The van der Waals surface area contributed by atoms with Crippen molar-refractivity contribution in [3.63, 3.8) is 0 Å². The van der Waals surface area contributed by atoms with Crippen molar-refractivity contribution in [2.45, 2.75) is 76.5 Å². The van der Waals surface area contributed by atoms with Gasteiger partial charge in [0.15, 0.2) is 8.32 Å². The second kappa shape index (κ2) is 8.91. The van der Waals surface area contributed by atoms with Crippen LogP contribution in [0.3, 0.4) is 0 Å². The summed E-state index contributed by atoms with van der Waals surface area (Å²) in [6.45, 7) is 14.2. The van der Waals surface area contributed by atoms with Crippen molar-refractivity contribution in [2.24, 2.45) is 0 Å². The third-order valence-electron chi connectivity index (χ3n) is 5.40. The predicted octanol–water partition coefficient (Wildman–Crippen LogP) is 2.99. The van der Waals surface area contributed by atoms with E-state index >= 15 is 0 Å². The van der Waals surface area contributed by atoms with Gasteiger partial charge >= 0.3 is 12.1 Å². The lowest BCUT2D eigenvalue weighted by atomic mass is 10.0. The SMILES string of the molecule is CC(C)(C)[Si](C)(C)O[C@@H]1CNCC[C@H]1N1CCCC1=O.O=C(O)C(F)(F)F. The van der Waals surface area contributed by atoms with E-state index < -0.39 is 20.5 Å². The summed E-state index contributed by atoms with van der Waals surface area (Å²) < 4.78 is 38.3. The molecular formula is C17H31F3N2O4Si. The zero-order valence-electron chi connectivity index (χ0n) is 16.7. The van der Waals surface area contributed by atoms with E-state index in [0.717, 1.165) is 38.9 Å². The molecule has 0 aromatic carbocycles. The Bertz CT molecular complexity index is 535. The van der Waals surface area contributed by atoms with Crippen LogP contribution in [-0.4, -0.2) is 68.2 Å². The van der Waals surface area contributed by atoms with E-state index in [1.54, 1.807) is 0 Å². The summed E-state index contributed by atoms with van der Waals surface area (Å²) in [5, 5.41) is 10.8. The van der Waals surface area contributed by atoms with E-state index in [0.29, 0.717) is 5.91 Å². The maximum Gasteiger partial charge on any atom is 0.490 e. The summed E-state index contributed by atoms with van der Waals surface area (Å²) in [6, 6.07) is 0.278. The number of rotatable bonds is 3. The second-order valence-electron chi connectivity index (χ2n) is 8.47. The minimum absolute atomic E-state index is 0.159. The first-order valence-corrected chi connectivity index (χ1v) is 12.1. The normalized spacial score (nSPS) is 24.4. The summed E-state index contributed by atoms with van der Waals surface area (Å²) in [5.41, 5.74) is 0. The van der Waals surface area contributed by atoms with Gasteiger partial charge in [-0.1, -0.05) is 20.8 Å². The molecule has 27 heavy (non-hydrogen) atoms. The largest absolute Gasteiger partial charge is 0.490 e. The van der Waals surface area contributed by atoms with Crippen LogP contribution in [0.25, 0.3) is 0 Å². The molecule has 2 N–H and O–H groups in total. The highest BCUT2D eigenvalue weighted by atomic mass is 28.4. The second-order valence-corrected chi connectivity index (χ2v) is 13.2. The number of hydrogen-bond donors (Lipinski definition) is 2. The number of hydrogen-bond acceptors (Lipinski definition) is 4. The molecular weight excluding hydrogens is 381 g/mol. The Kier molecular flexibility index (Phi) is 7.89. The number of carbonyl (C=O) groups excluding carboxylic acids is 1. The Morgan fingerprint density at radius 1 is 1.30 bits per heavy atom. The van der Waals surface area contributed by atoms with E-state index in [1.807, 2.05) is 0 Å². The monoisotopic (exact) mass is 412 g/mol. The number of carboxylic acid groups (broad SMARTS) is 1. The Balaban J connectivity index is 0.000000445. The molecule has 158 valence electrons. The van der Waals surface area contributed by atoms with Crippen molar-refractivity contribution >= 4 is 20.2 Å². The first-order chi connectivity index (χ1) is 12.2. The fraction of sp³-hybridized carbons (Fsp3) is 0.882. The van der Waals surface area contributed by atoms with E-state index in [4.69, 9.17) is 14.3 Å². The molecule has 0 bridgehead atoms. The van der Waals surface area contributed by atoms with Crippen molar-refractivity contribution in [1.82, 2.24) is 10.2 Å². The minimum Gasteiger partial charge on any atom is -0.475 e. The van der Waals surface area contributed by atoms with Crippen molar-refractivity contribution in [2.75, 3.05) is 19.6 Å². The Morgan fingerprint density at radius 2 is 1.85 bits per heavy atom. The van der Waals surface area contributed by atoms with Gasteiger partial charge in [-0.05, 0) is 37.5 Å². The molecule has 1 amide bonds. The van der Waals surface area contributed by atoms with Crippen molar-refractivity contribution in [1.29, 1.82) is 0 Å². The Hall–Kier alpha value is -1.13. The van der Waals surface area contributed by atoms with Gasteiger partial charge < -0.3 is 19.7 Å². The maximum atomic E-state index is 12.0.